The molecule has 8 heavy (non-hydrogen) atoms. The number of carbonyl (C=O) groups excluding carboxylic acids is 2. The Balaban J connectivity index is 3.06. The molecule has 0 aromatic rings. The molecule has 2 radical (unpaired) electrons. The molecule has 0 fully saturated rings. The molecule has 0 rings (SSSR count). The summed E-state index contributed by atoms with van der Waals surface area (Å²) in [7, 11) is 0. The van der Waals surface area contributed by atoms with E-state index in [1.807, 2.05) is 0 Å². The molecular weight excluding hydrogens is 104 g/mol. The lowest BCUT2D eigenvalue weighted by molar-refractivity contribution is 0.554. The van der Waals surface area contributed by atoms with Crippen molar-refractivity contribution in [3.8, 4) is 0 Å². The second-order valence-electron chi connectivity index (χ2n) is 1.17. The topological polar surface area (TPSA) is 34.1 Å². The lowest BCUT2D eigenvalue weighted by atomic mass is 10.3. The number of rotatable bonds is 4. The van der Waals surface area contributed by atoms with Crippen molar-refractivity contribution in [3.63, 3.8) is 0 Å². The van der Waals surface area contributed by atoms with Crippen molar-refractivity contribution in [1.29, 1.82) is 0 Å². The first kappa shape index (κ1) is 7.08. The molecule has 0 spiro atoms. The number of hydrogen-bond acceptors (Lipinski definition) is 2. The van der Waals surface area contributed by atoms with Crippen molar-refractivity contribution in [1.82, 2.24) is 0 Å². The second kappa shape index (κ2) is 6.08. The van der Waals surface area contributed by atoms with Crippen LogP contribution in [0.25, 0.3) is 0 Å². The van der Waals surface area contributed by atoms with Crippen LogP contribution in [0.1, 0.15) is 12.8 Å². The quantitative estimate of drug-likeness (QED) is 0.495. The highest BCUT2D eigenvalue weighted by molar-refractivity contribution is 5.55. The Morgan fingerprint density at radius 3 is 1.62 bits per heavy atom. The van der Waals surface area contributed by atoms with Gasteiger partial charge in [0.05, 0.1) is 0 Å². The lowest BCUT2D eigenvalue weighted by Crippen LogP contribution is -1.67. The first-order chi connectivity index (χ1) is 3.91. The predicted molar refractivity (Wildman–Crippen MR) is 29.8 cm³/mol. The summed E-state index contributed by atoms with van der Waals surface area (Å²) in [5, 5.41) is 0. The first-order valence-electron chi connectivity index (χ1n) is 2.27. The smallest absolute Gasteiger partial charge is 0.202 e. The molecule has 0 bridgehead atoms. The Kier molecular flexibility index (Phi) is 5.38. The molecule has 0 atom stereocenters. The predicted octanol–water partition coefficient (Wildman–Crippen LogP) is 0.542. The van der Waals surface area contributed by atoms with Crippen molar-refractivity contribution in [3.05, 3.63) is 12.2 Å². The van der Waals surface area contributed by atoms with E-state index in [1.54, 1.807) is 24.7 Å². The second-order valence-corrected chi connectivity index (χ2v) is 1.17. The highest BCUT2D eigenvalue weighted by atomic mass is 16.1. The van der Waals surface area contributed by atoms with Crippen LogP contribution < -0.4 is 0 Å². The van der Waals surface area contributed by atoms with Gasteiger partial charge in [-0.3, -0.25) is 9.59 Å². The zero-order valence-corrected chi connectivity index (χ0v) is 4.39. The monoisotopic (exact) mass is 110 g/mol. The maximum atomic E-state index is 9.49. The molecule has 0 aromatic heterocycles. The van der Waals surface area contributed by atoms with Gasteiger partial charge in [0, 0.05) is 12.8 Å². The van der Waals surface area contributed by atoms with E-state index in [1.165, 1.54) is 0 Å². The molecule has 0 aliphatic rings. The Bertz CT molecular complexity index is 82.7. The Hall–Kier alpha value is -0.920. The fourth-order valence-electron chi connectivity index (χ4n) is 0.263. The molecule has 2 nitrogen and oxygen atoms in total. The van der Waals surface area contributed by atoms with E-state index in [0.717, 1.165) is 0 Å². The van der Waals surface area contributed by atoms with Crippen molar-refractivity contribution in [2.24, 2.45) is 0 Å². The van der Waals surface area contributed by atoms with Crippen molar-refractivity contribution in [2.45, 2.75) is 12.8 Å². The van der Waals surface area contributed by atoms with Gasteiger partial charge in [-0.15, -0.1) is 0 Å². The molecule has 0 heterocycles. The van der Waals surface area contributed by atoms with Crippen molar-refractivity contribution in [2.75, 3.05) is 0 Å². The van der Waals surface area contributed by atoms with Crippen molar-refractivity contribution < 1.29 is 9.59 Å². The first-order valence-corrected chi connectivity index (χ1v) is 2.27. The average molecular weight is 110 g/mol. The van der Waals surface area contributed by atoms with Crippen LogP contribution in [-0.2, 0) is 9.59 Å². The van der Waals surface area contributed by atoms with E-state index >= 15 is 0 Å². The zero-order valence-electron chi connectivity index (χ0n) is 4.39. The molecule has 0 N–H and O–H groups in total. The zero-order chi connectivity index (χ0) is 6.24. The van der Waals surface area contributed by atoms with Crippen LogP contribution in [0.4, 0.5) is 0 Å². The van der Waals surface area contributed by atoms with E-state index in [0.29, 0.717) is 0 Å². The summed E-state index contributed by atoms with van der Waals surface area (Å²) < 4.78 is 0. The Morgan fingerprint density at radius 2 is 1.38 bits per heavy atom. The molecule has 0 aliphatic carbocycles. The van der Waals surface area contributed by atoms with Crippen molar-refractivity contribution >= 4 is 12.6 Å². The molecule has 0 saturated carbocycles. The molecule has 0 unspecified atom stereocenters. The van der Waals surface area contributed by atoms with Gasteiger partial charge in [0.2, 0.25) is 12.6 Å². The minimum Gasteiger partial charge on any atom is -0.291 e. The third-order valence-electron chi connectivity index (χ3n) is 0.569. The Morgan fingerprint density at radius 1 is 1.00 bits per heavy atom. The molecular formula is C6H6O2. The standard InChI is InChI=1S/C6H6O2/c7-5-3-1-2-4-6-8/h1-2H,3-4H2. The fraction of sp³-hybridized carbons (Fsp3) is 0.333. The summed E-state index contributed by atoms with van der Waals surface area (Å²) in [5.74, 6) is 0. The lowest BCUT2D eigenvalue weighted by Gasteiger charge is -1.70. The van der Waals surface area contributed by atoms with E-state index < -0.39 is 0 Å². The van der Waals surface area contributed by atoms with E-state index in [2.05, 4.69) is 0 Å². The summed E-state index contributed by atoms with van der Waals surface area (Å²) in [6, 6.07) is 0. The van der Waals surface area contributed by atoms with Gasteiger partial charge in [0.25, 0.3) is 0 Å². The fourth-order valence-corrected chi connectivity index (χ4v) is 0.263. The van der Waals surface area contributed by atoms with Crippen LogP contribution in [0, 0.1) is 0 Å². The highest BCUT2D eigenvalue weighted by Crippen LogP contribution is 1.79. The molecule has 2 heteroatoms. The molecule has 42 valence electrons. The van der Waals surface area contributed by atoms with Gasteiger partial charge in [-0.25, -0.2) is 0 Å². The average Bonchev–Trinajstić information content (AvgIpc) is 1.81. The largest absolute Gasteiger partial charge is 0.291 e. The van der Waals surface area contributed by atoms with Gasteiger partial charge < -0.3 is 0 Å². The van der Waals surface area contributed by atoms with Crippen LogP contribution in [0.15, 0.2) is 12.2 Å². The summed E-state index contributed by atoms with van der Waals surface area (Å²) in [6.07, 6.45) is 7.01. The normalized spacial score (nSPS) is 9.50. The van der Waals surface area contributed by atoms with E-state index in [4.69, 9.17) is 0 Å². The minimum absolute atomic E-state index is 0.266. The van der Waals surface area contributed by atoms with Crippen LogP contribution in [0.2, 0.25) is 0 Å². The Labute approximate surface area is 48.2 Å². The van der Waals surface area contributed by atoms with E-state index in [9.17, 15) is 9.59 Å². The summed E-state index contributed by atoms with van der Waals surface area (Å²) in [6.45, 7) is 0. The van der Waals surface area contributed by atoms with Crippen LogP contribution in [0.5, 0.6) is 0 Å². The van der Waals surface area contributed by atoms with Gasteiger partial charge >= 0.3 is 0 Å². The molecule has 0 amide bonds. The summed E-state index contributed by atoms with van der Waals surface area (Å²) >= 11 is 0. The van der Waals surface area contributed by atoms with Gasteiger partial charge in [-0.2, -0.15) is 0 Å². The SMILES string of the molecule is O=[C]CC=CC[C]=O. The van der Waals surface area contributed by atoms with Gasteiger partial charge in [0.1, 0.15) is 0 Å². The maximum Gasteiger partial charge on any atom is 0.202 e. The maximum absolute atomic E-state index is 9.49. The summed E-state index contributed by atoms with van der Waals surface area (Å²) in [5.41, 5.74) is 0. The third-order valence-corrected chi connectivity index (χ3v) is 0.569. The van der Waals surface area contributed by atoms with Gasteiger partial charge in [-0.1, -0.05) is 12.2 Å². The van der Waals surface area contributed by atoms with E-state index in [-0.39, 0.29) is 12.8 Å². The van der Waals surface area contributed by atoms with Crippen LogP contribution >= 0.6 is 0 Å². The third kappa shape index (κ3) is 5.08. The minimum atomic E-state index is 0.266. The molecule has 0 aromatic carbocycles. The molecule has 0 saturated heterocycles. The number of hydrogen-bond donors (Lipinski definition) is 0. The van der Waals surface area contributed by atoms with Gasteiger partial charge in [0.15, 0.2) is 0 Å². The highest BCUT2D eigenvalue weighted by Gasteiger charge is 1.73. The summed E-state index contributed by atoms with van der Waals surface area (Å²) in [4.78, 5) is 19.0. The van der Waals surface area contributed by atoms with Gasteiger partial charge in [-0.05, 0) is 0 Å². The molecule has 0 aliphatic heterocycles. The van der Waals surface area contributed by atoms with Crippen LogP contribution in [-0.4, -0.2) is 12.6 Å². The van der Waals surface area contributed by atoms with Crippen LogP contribution in [0.3, 0.4) is 0 Å². The number of allylic oxidation sites excluding steroid dienone is 2.